The lowest BCUT2D eigenvalue weighted by atomic mass is 10.1. The first-order valence-electron chi connectivity index (χ1n) is 9.44. The summed E-state index contributed by atoms with van der Waals surface area (Å²) in [6, 6.07) is 15.4. The molecular weight excluding hydrogens is 372 g/mol. The number of aryl methyl sites for hydroxylation is 2. The standard InChI is InChI=1S/C22H28N2O3S/c1-17-8-6-9-18(2)22(17)27-14-13-23-20(25)12-7-15-28-16-21(26)24-19-10-4-3-5-11-19/h3-6,8-11H,7,12-16H2,1-2H3,(H,23,25)(H,24,26). The first-order chi connectivity index (χ1) is 13.6. The fourth-order valence-corrected chi connectivity index (χ4v) is 3.43. The van der Waals surface area contributed by atoms with Crippen molar-refractivity contribution in [3.63, 3.8) is 0 Å². The minimum atomic E-state index is -0.0238. The van der Waals surface area contributed by atoms with Crippen LogP contribution in [0.25, 0.3) is 0 Å². The van der Waals surface area contributed by atoms with E-state index in [9.17, 15) is 9.59 Å². The summed E-state index contributed by atoms with van der Waals surface area (Å²) in [6.45, 7) is 4.96. The van der Waals surface area contributed by atoms with Gasteiger partial charge in [-0.05, 0) is 49.3 Å². The van der Waals surface area contributed by atoms with E-state index in [1.54, 1.807) is 0 Å². The zero-order chi connectivity index (χ0) is 20.2. The number of carbonyl (C=O) groups excluding carboxylic acids is 2. The predicted octanol–water partition coefficient (Wildman–Crippen LogP) is 3.95. The van der Waals surface area contributed by atoms with Crippen molar-refractivity contribution in [2.45, 2.75) is 26.7 Å². The Labute approximate surface area is 171 Å². The van der Waals surface area contributed by atoms with Gasteiger partial charge < -0.3 is 15.4 Å². The second-order valence-electron chi connectivity index (χ2n) is 6.49. The third kappa shape index (κ3) is 8.05. The lowest BCUT2D eigenvalue weighted by Crippen LogP contribution is -2.28. The van der Waals surface area contributed by atoms with Gasteiger partial charge in [0.15, 0.2) is 0 Å². The Kier molecular flexibility index (Phi) is 9.42. The molecule has 6 heteroatoms. The Balaban J connectivity index is 1.50. The summed E-state index contributed by atoms with van der Waals surface area (Å²) in [6.07, 6.45) is 1.20. The molecule has 0 unspecified atom stereocenters. The summed E-state index contributed by atoms with van der Waals surface area (Å²) >= 11 is 1.53. The van der Waals surface area contributed by atoms with Gasteiger partial charge in [0.2, 0.25) is 11.8 Å². The Hall–Kier alpha value is -2.47. The molecule has 0 fully saturated rings. The predicted molar refractivity (Wildman–Crippen MR) is 116 cm³/mol. The normalized spacial score (nSPS) is 10.4. The van der Waals surface area contributed by atoms with Crippen molar-refractivity contribution in [2.75, 3.05) is 30.0 Å². The van der Waals surface area contributed by atoms with Gasteiger partial charge in [0.1, 0.15) is 12.4 Å². The largest absolute Gasteiger partial charge is 0.491 e. The van der Waals surface area contributed by atoms with Gasteiger partial charge in [-0.25, -0.2) is 0 Å². The van der Waals surface area contributed by atoms with Gasteiger partial charge in [-0.1, -0.05) is 36.4 Å². The number of benzene rings is 2. The van der Waals surface area contributed by atoms with Crippen LogP contribution in [0.3, 0.4) is 0 Å². The van der Waals surface area contributed by atoms with E-state index in [0.29, 0.717) is 25.3 Å². The van der Waals surface area contributed by atoms with Gasteiger partial charge in [0.05, 0.1) is 12.3 Å². The van der Waals surface area contributed by atoms with Crippen molar-refractivity contribution < 1.29 is 14.3 Å². The Morgan fingerprint density at radius 1 is 0.964 bits per heavy atom. The maximum Gasteiger partial charge on any atom is 0.234 e. The fourth-order valence-electron chi connectivity index (χ4n) is 2.68. The molecule has 28 heavy (non-hydrogen) atoms. The monoisotopic (exact) mass is 400 g/mol. The fraction of sp³-hybridized carbons (Fsp3) is 0.364. The van der Waals surface area contributed by atoms with Crippen LogP contribution in [0.5, 0.6) is 5.75 Å². The smallest absolute Gasteiger partial charge is 0.234 e. The van der Waals surface area contributed by atoms with Gasteiger partial charge in [0.25, 0.3) is 0 Å². The molecular formula is C22H28N2O3S. The van der Waals surface area contributed by atoms with E-state index in [-0.39, 0.29) is 11.8 Å². The van der Waals surface area contributed by atoms with E-state index in [0.717, 1.165) is 34.7 Å². The summed E-state index contributed by atoms with van der Waals surface area (Å²) in [5.74, 6) is 2.04. The minimum absolute atomic E-state index is 0.0134. The number of hydrogen-bond donors (Lipinski definition) is 2. The summed E-state index contributed by atoms with van der Waals surface area (Å²) in [5, 5.41) is 5.72. The second-order valence-corrected chi connectivity index (χ2v) is 7.59. The lowest BCUT2D eigenvalue weighted by Gasteiger charge is -2.12. The van der Waals surface area contributed by atoms with E-state index < -0.39 is 0 Å². The van der Waals surface area contributed by atoms with Crippen LogP contribution in [0.1, 0.15) is 24.0 Å². The van der Waals surface area contributed by atoms with Crippen molar-refractivity contribution in [3.05, 3.63) is 59.7 Å². The maximum absolute atomic E-state index is 11.9. The van der Waals surface area contributed by atoms with E-state index in [1.807, 2.05) is 62.4 Å². The van der Waals surface area contributed by atoms with Crippen LogP contribution in [0.15, 0.2) is 48.5 Å². The minimum Gasteiger partial charge on any atom is -0.491 e. The molecule has 2 aromatic rings. The van der Waals surface area contributed by atoms with E-state index in [2.05, 4.69) is 10.6 Å². The highest BCUT2D eigenvalue weighted by molar-refractivity contribution is 7.99. The highest BCUT2D eigenvalue weighted by Gasteiger charge is 2.05. The molecule has 0 aliphatic rings. The van der Waals surface area contributed by atoms with Gasteiger partial charge in [-0.3, -0.25) is 9.59 Å². The quantitative estimate of drug-likeness (QED) is 0.561. The number of carbonyl (C=O) groups is 2. The highest BCUT2D eigenvalue weighted by atomic mass is 32.2. The van der Waals surface area contributed by atoms with Crippen LogP contribution in [0.4, 0.5) is 5.69 Å². The molecule has 0 aliphatic heterocycles. The molecule has 2 N–H and O–H groups in total. The molecule has 0 saturated carbocycles. The molecule has 2 amide bonds. The number of hydrogen-bond acceptors (Lipinski definition) is 4. The van der Waals surface area contributed by atoms with E-state index in [4.69, 9.17) is 4.74 Å². The van der Waals surface area contributed by atoms with Crippen molar-refractivity contribution in [1.82, 2.24) is 5.32 Å². The van der Waals surface area contributed by atoms with Crippen molar-refractivity contribution in [3.8, 4) is 5.75 Å². The molecule has 0 bridgehead atoms. The summed E-state index contributed by atoms with van der Waals surface area (Å²) in [5.41, 5.74) is 3.00. The maximum atomic E-state index is 11.9. The molecule has 2 rings (SSSR count). The molecule has 0 atom stereocenters. The van der Waals surface area contributed by atoms with Gasteiger partial charge >= 0.3 is 0 Å². The number of amides is 2. The first-order valence-corrected chi connectivity index (χ1v) is 10.6. The molecule has 150 valence electrons. The SMILES string of the molecule is Cc1cccc(C)c1OCCNC(=O)CCCSCC(=O)Nc1ccccc1. The molecule has 0 heterocycles. The van der Waals surface area contributed by atoms with Crippen LogP contribution < -0.4 is 15.4 Å². The Morgan fingerprint density at radius 2 is 1.68 bits per heavy atom. The number of nitrogens with one attached hydrogen (secondary N) is 2. The molecule has 0 aromatic heterocycles. The van der Waals surface area contributed by atoms with E-state index >= 15 is 0 Å². The molecule has 0 radical (unpaired) electrons. The third-order valence-corrected chi connectivity index (χ3v) is 5.11. The van der Waals surface area contributed by atoms with Crippen molar-refractivity contribution in [1.29, 1.82) is 0 Å². The molecule has 0 aliphatic carbocycles. The van der Waals surface area contributed by atoms with Gasteiger partial charge in [-0.15, -0.1) is 0 Å². The summed E-state index contributed by atoms with van der Waals surface area (Å²) in [4.78, 5) is 23.7. The molecule has 0 spiro atoms. The summed E-state index contributed by atoms with van der Waals surface area (Å²) < 4.78 is 5.77. The Bertz CT molecular complexity index is 745. The number of para-hydroxylation sites is 2. The molecule has 5 nitrogen and oxygen atoms in total. The summed E-state index contributed by atoms with van der Waals surface area (Å²) in [7, 11) is 0. The van der Waals surface area contributed by atoms with E-state index in [1.165, 1.54) is 11.8 Å². The number of rotatable bonds is 11. The third-order valence-electron chi connectivity index (χ3n) is 4.06. The number of thioether (sulfide) groups is 1. The Morgan fingerprint density at radius 3 is 2.39 bits per heavy atom. The van der Waals surface area contributed by atoms with Crippen LogP contribution in [0, 0.1) is 13.8 Å². The highest BCUT2D eigenvalue weighted by Crippen LogP contribution is 2.21. The molecule has 0 saturated heterocycles. The topological polar surface area (TPSA) is 67.4 Å². The number of ether oxygens (including phenoxy) is 1. The zero-order valence-corrected chi connectivity index (χ0v) is 17.3. The van der Waals surface area contributed by atoms with Crippen molar-refractivity contribution >= 4 is 29.3 Å². The van der Waals surface area contributed by atoms with Crippen LogP contribution in [0.2, 0.25) is 0 Å². The second kappa shape index (κ2) is 12.1. The number of anilines is 1. The lowest BCUT2D eigenvalue weighted by molar-refractivity contribution is -0.121. The average Bonchev–Trinajstić information content (AvgIpc) is 2.67. The van der Waals surface area contributed by atoms with Crippen LogP contribution >= 0.6 is 11.8 Å². The van der Waals surface area contributed by atoms with Gasteiger partial charge in [0, 0.05) is 12.1 Å². The van der Waals surface area contributed by atoms with Crippen LogP contribution in [-0.2, 0) is 9.59 Å². The first kappa shape index (κ1) is 21.8. The van der Waals surface area contributed by atoms with Crippen molar-refractivity contribution in [2.24, 2.45) is 0 Å². The van der Waals surface area contributed by atoms with Crippen LogP contribution in [-0.4, -0.2) is 36.5 Å². The average molecular weight is 401 g/mol. The zero-order valence-electron chi connectivity index (χ0n) is 16.5. The molecule has 2 aromatic carbocycles. The van der Waals surface area contributed by atoms with Gasteiger partial charge in [-0.2, -0.15) is 11.8 Å².